The zero-order valence-electron chi connectivity index (χ0n) is 11.2. The highest BCUT2D eigenvalue weighted by molar-refractivity contribution is 5.26. The van der Waals surface area contributed by atoms with Gasteiger partial charge in [-0.1, -0.05) is 6.07 Å². The molecule has 0 bridgehead atoms. The fraction of sp³-hybridized carbons (Fsp3) is 0.571. The molecule has 1 N–H and O–H groups in total. The van der Waals surface area contributed by atoms with Crippen LogP contribution in [0.15, 0.2) is 18.2 Å². The monoisotopic (exact) mass is 271 g/mol. The first-order chi connectivity index (χ1) is 9.14. The van der Waals surface area contributed by atoms with Crippen LogP contribution in [0.1, 0.15) is 24.4 Å². The Balaban J connectivity index is 2.43. The summed E-state index contributed by atoms with van der Waals surface area (Å²) in [7, 11) is 3.27. The largest absolute Gasteiger partial charge is 0.381 e. The minimum absolute atomic E-state index is 0.0359. The smallest absolute Gasteiger partial charge is 0.131 e. The van der Waals surface area contributed by atoms with Gasteiger partial charge in [-0.05, 0) is 19.2 Å². The molecule has 2 rings (SSSR count). The second kappa shape index (κ2) is 5.94. The highest BCUT2D eigenvalue weighted by Gasteiger charge is 2.42. The predicted octanol–water partition coefficient (Wildman–Crippen LogP) is 2.42. The molecule has 0 amide bonds. The van der Waals surface area contributed by atoms with Crippen LogP contribution in [-0.2, 0) is 9.47 Å². The summed E-state index contributed by atoms with van der Waals surface area (Å²) in [4.78, 5) is 0. The Bertz CT molecular complexity index is 413. The van der Waals surface area contributed by atoms with Crippen LogP contribution in [0, 0.1) is 11.6 Å². The Morgan fingerprint density at radius 1 is 1.26 bits per heavy atom. The summed E-state index contributed by atoms with van der Waals surface area (Å²) < 4.78 is 38.9. The fourth-order valence-corrected chi connectivity index (χ4v) is 2.78. The number of nitrogens with one attached hydrogen (secondary N) is 1. The molecule has 0 aliphatic carbocycles. The van der Waals surface area contributed by atoms with E-state index in [2.05, 4.69) is 5.32 Å². The SMILES string of the molecule is CNC(c1c(F)cccc1F)C1(OC)CCOCC1. The third-order valence-corrected chi connectivity index (χ3v) is 3.85. The lowest BCUT2D eigenvalue weighted by molar-refractivity contribution is -0.111. The predicted molar refractivity (Wildman–Crippen MR) is 68.0 cm³/mol. The van der Waals surface area contributed by atoms with Crippen LogP contribution >= 0.6 is 0 Å². The number of benzene rings is 1. The molecular formula is C14H19F2NO2. The molecule has 1 unspecified atom stereocenters. The Morgan fingerprint density at radius 3 is 2.32 bits per heavy atom. The summed E-state index contributed by atoms with van der Waals surface area (Å²) in [5.74, 6) is -1.11. The van der Waals surface area contributed by atoms with E-state index in [0.29, 0.717) is 26.1 Å². The van der Waals surface area contributed by atoms with Gasteiger partial charge in [-0.15, -0.1) is 0 Å². The van der Waals surface area contributed by atoms with E-state index in [9.17, 15) is 8.78 Å². The van der Waals surface area contributed by atoms with Crippen LogP contribution in [0.4, 0.5) is 8.78 Å². The maximum absolute atomic E-state index is 14.0. The van der Waals surface area contributed by atoms with E-state index in [1.165, 1.54) is 18.2 Å². The van der Waals surface area contributed by atoms with E-state index in [0.717, 1.165) is 0 Å². The molecule has 1 aliphatic rings. The van der Waals surface area contributed by atoms with Gasteiger partial charge in [-0.3, -0.25) is 0 Å². The van der Waals surface area contributed by atoms with Gasteiger partial charge in [0.2, 0.25) is 0 Å². The van der Waals surface area contributed by atoms with Crippen LogP contribution in [0.25, 0.3) is 0 Å². The number of rotatable bonds is 4. The van der Waals surface area contributed by atoms with Crippen molar-refractivity contribution in [3.05, 3.63) is 35.4 Å². The van der Waals surface area contributed by atoms with Crippen LogP contribution in [-0.4, -0.2) is 33.0 Å². The lowest BCUT2D eigenvalue weighted by Gasteiger charge is -2.42. The maximum Gasteiger partial charge on any atom is 0.131 e. The van der Waals surface area contributed by atoms with Gasteiger partial charge in [0.1, 0.15) is 11.6 Å². The first-order valence-electron chi connectivity index (χ1n) is 6.38. The standard InChI is InChI=1S/C14H19F2NO2/c1-17-13(12-10(15)4-3-5-11(12)16)14(18-2)6-8-19-9-7-14/h3-5,13,17H,6-9H2,1-2H3. The van der Waals surface area contributed by atoms with Gasteiger partial charge in [0, 0.05) is 38.7 Å². The lowest BCUT2D eigenvalue weighted by atomic mass is 9.81. The second-order valence-electron chi connectivity index (χ2n) is 4.74. The van der Waals surface area contributed by atoms with Crippen LogP contribution in [0.3, 0.4) is 0 Å². The molecule has 3 nitrogen and oxygen atoms in total. The summed E-state index contributed by atoms with van der Waals surface area (Å²) >= 11 is 0. The van der Waals surface area contributed by atoms with E-state index >= 15 is 0 Å². The quantitative estimate of drug-likeness (QED) is 0.912. The van der Waals surface area contributed by atoms with E-state index in [4.69, 9.17) is 9.47 Å². The normalized spacial score (nSPS) is 20.2. The number of likely N-dealkylation sites (N-methyl/N-ethyl adjacent to an activating group) is 1. The molecule has 1 atom stereocenters. The average molecular weight is 271 g/mol. The van der Waals surface area contributed by atoms with Crippen molar-refractivity contribution in [2.45, 2.75) is 24.5 Å². The van der Waals surface area contributed by atoms with Crippen molar-refractivity contribution in [3.8, 4) is 0 Å². The number of halogens is 2. The molecule has 0 spiro atoms. The van der Waals surface area contributed by atoms with Crippen molar-refractivity contribution in [3.63, 3.8) is 0 Å². The van der Waals surface area contributed by atoms with E-state index in [1.807, 2.05) is 0 Å². The Morgan fingerprint density at radius 2 is 1.84 bits per heavy atom. The molecule has 5 heteroatoms. The molecular weight excluding hydrogens is 252 g/mol. The molecule has 1 saturated heterocycles. The molecule has 1 aromatic carbocycles. The number of hydrogen-bond acceptors (Lipinski definition) is 3. The average Bonchev–Trinajstić information content (AvgIpc) is 2.44. The van der Waals surface area contributed by atoms with Gasteiger partial charge in [0.05, 0.1) is 11.6 Å². The molecule has 0 aromatic heterocycles. The Kier molecular flexibility index (Phi) is 4.50. The zero-order chi connectivity index (χ0) is 13.9. The number of hydrogen-bond donors (Lipinski definition) is 1. The van der Waals surface area contributed by atoms with Crippen LogP contribution in [0.2, 0.25) is 0 Å². The molecule has 1 aromatic rings. The van der Waals surface area contributed by atoms with Crippen molar-refractivity contribution >= 4 is 0 Å². The van der Waals surface area contributed by atoms with Crippen molar-refractivity contribution in [2.75, 3.05) is 27.4 Å². The third-order valence-electron chi connectivity index (χ3n) is 3.85. The summed E-state index contributed by atoms with van der Waals surface area (Å²) in [6.07, 6.45) is 1.20. The number of methoxy groups -OCH3 is 1. The topological polar surface area (TPSA) is 30.5 Å². The summed E-state index contributed by atoms with van der Waals surface area (Å²) in [6.45, 7) is 1.06. The lowest BCUT2D eigenvalue weighted by Crippen LogP contribution is -2.49. The molecule has 0 saturated carbocycles. The van der Waals surface area contributed by atoms with Gasteiger partial charge in [0.25, 0.3) is 0 Å². The summed E-state index contributed by atoms with van der Waals surface area (Å²) in [5, 5.41) is 3.00. The zero-order valence-corrected chi connectivity index (χ0v) is 11.2. The van der Waals surface area contributed by atoms with Crippen molar-refractivity contribution in [1.29, 1.82) is 0 Å². The van der Waals surface area contributed by atoms with Gasteiger partial charge < -0.3 is 14.8 Å². The molecule has 1 heterocycles. The molecule has 106 valence electrons. The minimum Gasteiger partial charge on any atom is -0.381 e. The maximum atomic E-state index is 14.0. The molecule has 0 radical (unpaired) electrons. The molecule has 19 heavy (non-hydrogen) atoms. The van der Waals surface area contributed by atoms with Gasteiger partial charge in [0.15, 0.2) is 0 Å². The molecule has 1 fully saturated rings. The Labute approximate surface area is 111 Å². The Hall–Kier alpha value is -1.04. The van der Waals surface area contributed by atoms with Crippen molar-refractivity contribution < 1.29 is 18.3 Å². The van der Waals surface area contributed by atoms with Gasteiger partial charge in [-0.2, -0.15) is 0 Å². The summed E-state index contributed by atoms with van der Waals surface area (Å²) in [5.41, 5.74) is -0.607. The van der Waals surface area contributed by atoms with E-state index < -0.39 is 23.3 Å². The first-order valence-corrected chi connectivity index (χ1v) is 6.38. The highest BCUT2D eigenvalue weighted by atomic mass is 19.1. The molecule has 1 aliphatic heterocycles. The van der Waals surface area contributed by atoms with Gasteiger partial charge in [-0.25, -0.2) is 8.78 Å². The highest BCUT2D eigenvalue weighted by Crippen LogP contribution is 2.38. The summed E-state index contributed by atoms with van der Waals surface area (Å²) in [6, 6.07) is 3.36. The van der Waals surface area contributed by atoms with Crippen LogP contribution < -0.4 is 5.32 Å². The van der Waals surface area contributed by atoms with Crippen molar-refractivity contribution in [2.24, 2.45) is 0 Å². The third kappa shape index (κ3) is 2.63. The second-order valence-corrected chi connectivity index (χ2v) is 4.74. The van der Waals surface area contributed by atoms with Gasteiger partial charge >= 0.3 is 0 Å². The minimum atomic E-state index is -0.643. The van der Waals surface area contributed by atoms with Crippen molar-refractivity contribution in [1.82, 2.24) is 5.32 Å². The van der Waals surface area contributed by atoms with E-state index in [1.54, 1.807) is 14.2 Å². The number of ether oxygens (including phenoxy) is 2. The van der Waals surface area contributed by atoms with Crippen LogP contribution in [0.5, 0.6) is 0 Å². The first kappa shape index (κ1) is 14.4. The fourth-order valence-electron chi connectivity index (χ4n) is 2.78. The van der Waals surface area contributed by atoms with E-state index in [-0.39, 0.29) is 5.56 Å².